The fraction of sp³-hybridized carbons (Fsp3) is 0.389. The van der Waals surface area contributed by atoms with Crippen molar-refractivity contribution in [3.8, 4) is 0 Å². The summed E-state index contributed by atoms with van der Waals surface area (Å²) in [6, 6.07) is 7.36. The molecule has 0 saturated carbocycles. The predicted molar refractivity (Wildman–Crippen MR) is 96.9 cm³/mol. The second kappa shape index (κ2) is 6.70. The number of aryl methyl sites for hydroxylation is 2. The van der Waals surface area contributed by atoms with Gasteiger partial charge in [-0.05, 0) is 55.2 Å². The van der Waals surface area contributed by atoms with Crippen LogP contribution in [-0.4, -0.2) is 39.3 Å². The van der Waals surface area contributed by atoms with Crippen molar-refractivity contribution in [2.75, 3.05) is 23.3 Å². The van der Waals surface area contributed by atoms with Gasteiger partial charge in [-0.25, -0.2) is 14.6 Å². The van der Waals surface area contributed by atoms with Crippen LogP contribution in [0.4, 0.5) is 11.6 Å². The molecule has 3 aromatic rings. The Kier molecular flexibility index (Phi) is 4.24. The molecule has 1 aliphatic rings. The van der Waals surface area contributed by atoms with Crippen LogP contribution < -0.4 is 10.2 Å². The van der Waals surface area contributed by atoms with E-state index in [2.05, 4.69) is 30.5 Å². The molecule has 1 aromatic carbocycles. The van der Waals surface area contributed by atoms with Gasteiger partial charge in [0.1, 0.15) is 5.52 Å². The van der Waals surface area contributed by atoms with E-state index in [0.717, 1.165) is 30.8 Å². The van der Waals surface area contributed by atoms with Crippen molar-refractivity contribution in [2.24, 2.45) is 5.92 Å². The van der Waals surface area contributed by atoms with Crippen molar-refractivity contribution in [3.05, 3.63) is 35.7 Å². The maximum atomic E-state index is 12.8. The molecular weight excluding hydrogens is 332 g/mol. The van der Waals surface area contributed by atoms with E-state index in [0.29, 0.717) is 29.2 Å². The summed E-state index contributed by atoms with van der Waals surface area (Å²) in [7, 11) is 0. The van der Waals surface area contributed by atoms with Crippen LogP contribution in [0.5, 0.6) is 0 Å². The fourth-order valence-corrected chi connectivity index (χ4v) is 3.36. The second-order valence-corrected chi connectivity index (χ2v) is 6.66. The highest BCUT2D eigenvalue weighted by atomic mass is 16.6. The molecule has 1 saturated heterocycles. The van der Waals surface area contributed by atoms with Gasteiger partial charge in [0, 0.05) is 24.5 Å². The summed E-state index contributed by atoms with van der Waals surface area (Å²) in [5.74, 6) is 0.528. The van der Waals surface area contributed by atoms with Crippen molar-refractivity contribution >= 4 is 28.6 Å². The zero-order valence-electron chi connectivity index (χ0n) is 14.8. The Labute approximate surface area is 150 Å². The third-order valence-electron chi connectivity index (χ3n) is 4.59. The number of nitrogens with zero attached hydrogens (tertiary/aromatic N) is 5. The fourth-order valence-electron chi connectivity index (χ4n) is 3.36. The van der Waals surface area contributed by atoms with Crippen LogP contribution in [0.1, 0.15) is 24.2 Å². The van der Waals surface area contributed by atoms with Crippen molar-refractivity contribution in [3.63, 3.8) is 0 Å². The number of nitrogens with one attached hydrogen (secondary N) is 1. The molecule has 2 aromatic heterocycles. The average Bonchev–Trinajstić information content (AvgIpc) is 3.11. The van der Waals surface area contributed by atoms with E-state index in [4.69, 9.17) is 4.63 Å². The zero-order valence-corrected chi connectivity index (χ0v) is 14.8. The molecule has 8 nitrogen and oxygen atoms in total. The van der Waals surface area contributed by atoms with E-state index in [-0.39, 0.29) is 11.8 Å². The first-order chi connectivity index (χ1) is 12.6. The topological polar surface area (TPSA) is 97.0 Å². The summed E-state index contributed by atoms with van der Waals surface area (Å²) >= 11 is 0. The quantitative estimate of drug-likeness (QED) is 0.773. The van der Waals surface area contributed by atoms with Crippen LogP contribution in [0, 0.1) is 19.8 Å². The molecule has 8 heteroatoms. The molecule has 1 unspecified atom stereocenters. The van der Waals surface area contributed by atoms with Gasteiger partial charge >= 0.3 is 0 Å². The van der Waals surface area contributed by atoms with Gasteiger partial charge < -0.3 is 10.2 Å². The Hall–Kier alpha value is -3.03. The number of carbonyl (C=O) groups excluding carboxylic acids is 1. The van der Waals surface area contributed by atoms with E-state index in [1.54, 1.807) is 12.1 Å². The summed E-state index contributed by atoms with van der Waals surface area (Å²) in [4.78, 5) is 23.9. The zero-order chi connectivity index (χ0) is 18.1. The predicted octanol–water partition coefficient (Wildman–Crippen LogP) is 2.48. The second-order valence-electron chi connectivity index (χ2n) is 6.66. The van der Waals surface area contributed by atoms with Gasteiger partial charge in [0.15, 0.2) is 5.52 Å². The van der Waals surface area contributed by atoms with Crippen molar-refractivity contribution < 1.29 is 9.42 Å². The molecule has 0 radical (unpaired) electrons. The smallest absolute Gasteiger partial charge is 0.229 e. The molecule has 1 aliphatic heterocycles. The summed E-state index contributed by atoms with van der Waals surface area (Å²) in [6.45, 7) is 5.37. The molecule has 1 N–H and O–H groups in total. The number of aromatic nitrogens is 4. The molecule has 0 spiro atoms. The monoisotopic (exact) mass is 352 g/mol. The lowest BCUT2D eigenvalue weighted by Crippen LogP contribution is -2.41. The number of carbonyl (C=O) groups is 1. The van der Waals surface area contributed by atoms with Gasteiger partial charge in [0.2, 0.25) is 11.9 Å². The highest BCUT2D eigenvalue weighted by Gasteiger charge is 2.28. The van der Waals surface area contributed by atoms with Crippen LogP contribution in [-0.2, 0) is 4.79 Å². The highest BCUT2D eigenvalue weighted by Crippen LogP contribution is 2.24. The minimum atomic E-state index is -0.136. The van der Waals surface area contributed by atoms with Crippen LogP contribution in [0.3, 0.4) is 0 Å². The van der Waals surface area contributed by atoms with Crippen LogP contribution in [0.25, 0.3) is 11.0 Å². The minimum Gasteiger partial charge on any atom is -0.340 e. The van der Waals surface area contributed by atoms with Crippen LogP contribution >= 0.6 is 0 Å². The van der Waals surface area contributed by atoms with E-state index in [9.17, 15) is 4.79 Å². The minimum absolute atomic E-state index is 0.0328. The lowest BCUT2D eigenvalue weighted by atomic mass is 9.97. The lowest BCUT2D eigenvalue weighted by molar-refractivity contribution is -0.120. The van der Waals surface area contributed by atoms with Gasteiger partial charge in [-0.1, -0.05) is 6.07 Å². The number of piperidine rings is 1. The molecular formula is C18H20N6O2. The highest BCUT2D eigenvalue weighted by molar-refractivity contribution is 6.00. The summed E-state index contributed by atoms with van der Waals surface area (Å²) < 4.78 is 4.75. The maximum absolute atomic E-state index is 12.8. The van der Waals surface area contributed by atoms with Gasteiger partial charge in [-0.15, -0.1) is 0 Å². The summed E-state index contributed by atoms with van der Waals surface area (Å²) in [5, 5.41) is 10.6. The molecule has 1 atom stereocenters. The molecule has 1 fully saturated rings. The van der Waals surface area contributed by atoms with E-state index >= 15 is 0 Å². The lowest BCUT2D eigenvalue weighted by Gasteiger charge is -2.32. The SMILES string of the molecule is Cc1cc(C)nc(N2CCCC(C(=O)Nc3cccc4nonc34)C2)n1. The maximum Gasteiger partial charge on any atom is 0.229 e. The number of rotatable bonds is 3. The summed E-state index contributed by atoms with van der Waals surface area (Å²) in [5.41, 5.74) is 3.67. The van der Waals surface area contributed by atoms with E-state index in [1.807, 2.05) is 26.0 Å². The van der Waals surface area contributed by atoms with Crippen LogP contribution in [0.2, 0.25) is 0 Å². The summed E-state index contributed by atoms with van der Waals surface area (Å²) in [6.07, 6.45) is 1.75. The molecule has 0 bridgehead atoms. The van der Waals surface area contributed by atoms with E-state index in [1.165, 1.54) is 0 Å². The van der Waals surface area contributed by atoms with E-state index < -0.39 is 0 Å². The molecule has 4 rings (SSSR count). The number of benzene rings is 1. The van der Waals surface area contributed by atoms with Gasteiger partial charge in [0.25, 0.3) is 0 Å². The first kappa shape index (κ1) is 16.4. The Bertz CT molecular complexity index is 934. The first-order valence-electron chi connectivity index (χ1n) is 8.69. The Morgan fingerprint density at radius 1 is 1.23 bits per heavy atom. The molecule has 134 valence electrons. The molecule has 26 heavy (non-hydrogen) atoms. The van der Waals surface area contributed by atoms with Gasteiger partial charge in [-0.2, -0.15) is 0 Å². The van der Waals surface area contributed by atoms with Crippen molar-refractivity contribution in [1.29, 1.82) is 0 Å². The average molecular weight is 352 g/mol. The largest absolute Gasteiger partial charge is 0.340 e. The Morgan fingerprint density at radius 3 is 2.85 bits per heavy atom. The van der Waals surface area contributed by atoms with Gasteiger partial charge in [0.05, 0.1) is 11.6 Å². The standard InChI is InChI=1S/C18H20N6O2/c1-11-9-12(2)20-18(19-11)24-8-4-5-13(10-24)17(25)21-14-6-3-7-15-16(14)23-26-22-15/h3,6-7,9,13H,4-5,8,10H2,1-2H3,(H,21,25). The number of anilines is 2. The molecule has 1 amide bonds. The van der Waals surface area contributed by atoms with Crippen LogP contribution in [0.15, 0.2) is 28.9 Å². The van der Waals surface area contributed by atoms with Crippen molar-refractivity contribution in [2.45, 2.75) is 26.7 Å². The number of hydrogen-bond acceptors (Lipinski definition) is 7. The number of hydrogen-bond donors (Lipinski definition) is 1. The third kappa shape index (κ3) is 3.22. The molecule has 0 aliphatic carbocycles. The number of amides is 1. The normalized spacial score (nSPS) is 17.5. The third-order valence-corrected chi connectivity index (χ3v) is 4.59. The number of fused-ring (bicyclic) bond motifs is 1. The first-order valence-corrected chi connectivity index (χ1v) is 8.69. The van der Waals surface area contributed by atoms with Gasteiger partial charge in [-0.3, -0.25) is 4.79 Å². The van der Waals surface area contributed by atoms with Crippen molar-refractivity contribution in [1.82, 2.24) is 20.3 Å². The Balaban J connectivity index is 1.50. The Morgan fingerprint density at radius 2 is 2.04 bits per heavy atom. The molecule has 3 heterocycles.